The topological polar surface area (TPSA) is 46.5 Å². The minimum absolute atomic E-state index is 0.137. The molecule has 3 aromatic rings. The fourth-order valence-corrected chi connectivity index (χ4v) is 4.76. The lowest BCUT2D eigenvalue weighted by Crippen LogP contribution is -2.33. The van der Waals surface area contributed by atoms with Crippen LogP contribution >= 0.6 is 0 Å². The highest BCUT2D eigenvalue weighted by Crippen LogP contribution is 2.48. The third kappa shape index (κ3) is 3.74. The predicted octanol–water partition coefficient (Wildman–Crippen LogP) is 7.08. The van der Waals surface area contributed by atoms with Gasteiger partial charge in [-0.25, -0.2) is 4.79 Å². The molecule has 0 fully saturated rings. The van der Waals surface area contributed by atoms with Crippen LogP contribution in [0.2, 0.25) is 0 Å². The molecule has 1 N–H and O–H groups in total. The van der Waals surface area contributed by atoms with Crippen LogP contribution in [0.15, 0.2) is 60.7 Å². The molecule has 3 nitrogen and oxygen atoms in total. The number of carboxylic acids is 1. The first kappa shape index (κ1) is 21.2. The Morgan fingerprint density at radius 3 is 1.94 bits per heavy atom. The van der Waals surface area contributed by atoms with Crippen LogP contribution in [0.4, 0.5) is 0 Å². The molecule has 0 saturated heterocycles. The molecule has 4 rings (SSSR count). The van der Waals surface area contributed by atoms with Crippen molar-refractivity contribution in [2.75, 3.05) is 7.11 Å². The Kier molecular flexibility index (Phi) is 5.17. The van der Waals surface area contributed by atoms with E-state index in [1.54, 1.807) is 19.2 Å². The lowest BCUT2D eigenvalue weighted by molar-refractivity contribution is 0.0697. The largest absolute Gasteiger partial charge is 0.495 e. The van der Waals surface area contributed by atoms with Gasteiger partial charge in [0.05, 0.1) is 12.7 Å². The number of carbonyl (C=O) groups is 1. The van der Waals surface area contributed by atoms with E-state index in [0.717, 1.165) is 28.0 Å². The number of benzene rings is 3. The van der Waals surface area contributed by atoms with E-state index in [1.807, 2.05) is 24.3 Å². The minimum Gasteiger partial charge on any atom is -0.495 e. The Morgan fingerprint density at radius 2 is 1.35 bits per heavy atom. The van der Waals surface area contributed by atoms with E-state index >= 15 is 0 Å². The number of hydrogen-bond donors (Lipinski definition) is 1. The van der Waals surface area contributed by atoms with E-state index in [1.165, 1.54) is 24.0 Å². The SMILES string of the molecule is COc1c(-c2ccc(C(=O)O)cc2)cccc1-c1ccc2c(c1)C(C)(C)CCC2(C)C. The van der Waals surface area contributed by atoms with Crippen LogP contribution in [-0.2, 0) is 10.8 Å². The molecule has 0 radical (unpaired) electrons. The molecule has 0 saturated carbocycles. The summed E-state index contributed by atoms with van der Waals surface area (Å²) in [6.07, 6.45) is 2.36. The van der Waals surface area contributed by atoms with Crippen molar-refractivity contribution in [2.45, 2.75) is 51.4 Å². The van der Waals surface area contributed by atoms with Gasteiger partial charge in [-0.2, -0.15) is 0 Å². The van der Waals surface area contributed by atoms with Gasteiger partial charge in [0.1, 0.15) is 5.75 Å². The first-order valence-corrected chi connectivity index (χ1v) is 10.8. The summed E-state index contributed by atoms with van der Waals surface area (Å²) in [6.45, 7) is 9.34. The first-order valence-electron chi connectivity index (χ1n) is 10.8. The Bertz CT molecular complexity index is 1140. The van der Waals surface area contributed by atoms with Gasteiger partial charge in [0, 0.05) is 11.1 Å². The third-order valence-corrected chi connectivity index (χ3v) is 6.83. The molecule has 0 spiro atoms. The summed E-state index contributed by atoms with van der Waals surface area (Å²) in [5.41, 5.74) is 7.52. The molecule has 0 aromatic heterocycles. The van der Waals surface area contributed by atoms with Gasteiger partial charge < -0.3 is 9.84 Å². The number of hydrogen-bond acceptors (Lipinski definition) is 2. The highest BCUT2D eigenvalue weighted by atomic mass is 16.5. The molecule has 3 aromatic carbocycles. The van der Waals surface area contributed by atoms with Crippen molar-refractivity contribution >= 4 is 5.97 Å². The number of fused-ring (bicyclic) bond motifs is 1. The minimum atomic E-state index is -0.924. The molecule has 0 aliphatic heterocycles. The normalized spacial score (nSPS) is 16.4. The average molecular weight is 415 g/mol. The van der Waals surface area contributed by atoms with Crippen LogP contribution in [0.25, 0.3) is 22.3 Å². The second kappa shape index (κ2) is 7.56. The smallest absolute Gasteiger partial charge is 0.335 e. The maximum absolute atomic E-state index is 11.2. The van der Waals surface area contributed by atoms with E-state index in [9.17, 15) is 9.90 Å². The van der Waals surface area contributed by atoms with Crippen molar-refractivity contribution in [1.82, 2.24) is 0 Å². The summed E-state index contributed by atoms with van der Waals surface area (Å²) >= 11 is 0. The summed E-state index contributed by atoms with van der Waals surface area (Å²) < 4.78 is 5.88. The summed E-state index contributed by atoms with van der Waals surface area (Å²) in [5.74, 6) is -0.120. The highest BCUT2D eigenvalue weighted by molar-refractivity contribution is 5.89. The van der Waals surface area contributed by atoms with Gasteiger partial charge in [-0.3, -0.25) is 0 Å². The van der Waals surface area contributed by atoms with E-state index in [0.29, 0.717) is 0 Å². The second-order valence-electron chi connectivity index (χ2n) is 9.80. The zero-order valence-electron chi connectivity index (χ0n) is 19.0. The number of ether oxygens (including phenoxy) is 1. The van der Waals surface area contributed by atoms with Gasteiger partial charge in [0.15, 0.2) is 0 Å². The molecule has 0 heterocycles. The Hall–Kier alpha value is -3.07. The van der Waals surface area contributed by atoms with Crippen LogP contribution < -0.4 is 4.74 Å². The molecular formula is C28H30O3. The van der Waals surface area contributed by atoms with Gasteiger partial charge in [0.25, 0.3) is 0 Å². The first-order chi connectivity index (χ1) is 14.6. The Labute approximate surface area is 184 Å². The van der Waals surface area contributed by atoms with Gasteiger partial charge in [-0.1, -0.05) is 76.2 Å². The predicted molar refractivity (Wildman–Crippen MR) is 126 cm³/mol. The lowest BCUT2D eigenvalue weighted by Gasteiger charge is -2.42. The molecule has 0 amide bonds. The summed E-state index contributed by atoms with van der Waals surface area (Å²) in [6, 6.07) is 19.9. The standard InChI is InChI=1S/C28H30O3/c1-27(2)15-16-28(3,4)24-17-20(13-14-23(24)27)22-8-6-7-21(25(22)31-5)18-9-11-19(12-10-18)26(29)30/h6-14,17H,15-16H2,1-5H3,(H,29,30). The molecule has 1 aliphatic carbocycles. The fraction of sp³-hybridized carbons (Fsp3) is 0.321. The number of para-hydroxylation sites is 1. The molecule has 1 aliphatic rings. The van der Waals surface area contributed by atoms with Crippen molar-refractivity contribution in [3.05, 3.63) is 77.4 Å². The van der Waals surface area contributed by atoms with E-state index < -0.39 is 5.97 Å². The van der Waals surface area contributed by atoms with Gasteiger partial charge in [-0.05, 0) is 58.1 Å². The highest BCUT2D eigenvalue weighted by Gasteiger charge is 2.37. The Balaban J connectivity index is 1.85. The van der Waals surface area contributed by atoms with E-state index in [-0.39, 0.29) is 16.4 Å². The molecule has 0 atom stereocenters. The van der Waals surface area contributed by atoms with Crippen LogP contribution in [-0.4, -0.2) is 18.2 Å². The summed E-state index contributed by atoms with van der Waals surface area (Å²) in [7, 11) is 1.69. The van der Waals surface area contributed by atoms with Crippen molar-refractivity contribution in [3.8, 4) is 28.0 Å². The van der Waals surface area contributed by atoms with Gasteiger partial charge in [-0.15, -0.1) is 0 Å². The maximum atomic E-state index is 11.2. The molecule has 3 heteroatoms. The van der Waals surface area contributed by atoms with Crippen LogP contribution in [0, 0.1) is 0 Å². The van der Waals surface area contributed by atoms with Gasteiger partial charge in [0.2, 0.25) is 0 Å². The Morgan fingerprint density at radius 1 is 0.806 bits per heavy atom. The van der Waals surface area contributed by atoms with Crippen molar-refractivity contribution in [2.24, 2.45) is 0 Å². The average Bonchev–Trinajstić information content (AvgIpc) is 2.76. The van der Waals surface area contributed by atoms with Gasteiger partial charge >= 0.3 is 5.97 Å². The zero-order valence-corrected chi connectivity index (χ0v) is 19.0. The van der Waals surface area contributed by atoms with Crippen molar-refractivity contribution < 1.29 is 14.6 Å². The second-order valence-corrected chi connectivity index (χ2v) is 9.80. The molecule has 0 bridgehead atoms. The van der Waals surface area contributed by atoms with E-state index in [2.05, 4.69) is 52.0 Å². The number of aromatic carboxylic acids is 1. The number of carboxylic acid groups (broad SMARTS) is 1. The van der Waals surface area contributed by atoms with Crippen LogP contribution in [0.3, 0.4) is 0 Å². The monoisotopic (exact) mass is 414 g/mol. The lowest BCUT2D eigenvalue weighted by atomic mass is 9.63. The summed E-state index contributed by atoms with van der Waals surface area (Å²) in [5, 5.41) is 9.19. The zero-order chi connectivity index (χ0) is 22.4. The summed E-state index contributed by atoms with van der Waals surface area (Å²) in [4.78, 5) is 11.2. The van der Waals surface area contributed by atoms with Crippen LogP contribution in [0.5, 0.6) is 5.75 Å². The number of methoxy groups -OCH3 is 1. The third-order valence-electron chi connectivity index (χ3n) is 6.83. The van der Waals surface area contributed by atoms with Crippen molar-refractivity contribution in [3.63, 3.8) is 0 Å². The number of rotatable bonds is 4. The van der Waals surface area contributed by atoms with Crippen LogP contribution in [0.1, 0.15) is 62.0 Å². The molecular weight excluding hydrogens is 384 g/mol. The van der Waals surface area contributed by atoms with Crippen molar-refractivity contribution in [1.29, 1.82) is 0 Å². The fourth-order valence-electron chi connectivity index (χ4n) is 4.76. The quantitative estimate of drug-likeness (QED) is 0.496. The molecule has 0 unspecified atom stereocenters. The van der Waals surface area contributed by atoms with E-state index in [4.69, 9.17) is 4.74 Å². The molecule has 160 valence electrons. The maximum Gasteiger partial charge on any atom is 0.335 e. The molecule has 31 heavy (non-hydrogen) atoms.